The van der Waals surface area contributed by atoms with Crippen molar-refractivity contribution >= 4 is 17.7 Å². The number of tetrazole rings is 1. The van der Waals surface area contributed by atoms with Gasteiger partial charge in [0.2, 0.25) is 5.91 Å². The molecule has 3 rings (SSSR count). The summed E-state index contributed by atoms with van der Waals surface area (Å²) in [4.78, 5) is 24.7. The maximum atomic E-state index is 12.2. The molecule has 1 atom stereocenters. The maximum Gasteiger partial charge on any atom is 0.412 e. The van der Waals surface area contributed by atoms with Crippen molar-refractivity contribution in [1.82, 2.24) is 25.9 Å². The van der Waals surface area contributed by atoms with E-state index in [0.29, 0.717) is 17.9 Å². The second-order valence-corrected chi connectivity index (χ2v) is 4.55. The van der Waals surface area contributed by atoms with Gasteiger partial charge in [0.05, 0.1) is 12.2 Å². The molecule has 0 aliphatic carbocycles. The van der Waals surface area contributed by atoms with Crippen LogP contribution < -0.4 is 10.2 Å². The number of aromatic amines is 1. The van der Waals surface area contributed by atoms with Gasteiger partial charge in [0.15, 0.2) is 5.82 Å². The van der Waals surface area contributed by atoms with Crippen molar-refractivity contribution in [2.45, 2.75) is 19.0 Å². The molecule has 1 aromatic heterocycles. The standard InChI is InChI=1S/C12H12N6O3/c19-11(13-6-10-14-16-17-15-10)9-5-7-3-1-2-4-8(7)18(9)12(20)21/h1-4,9H,5-6H2,(H,13,19)(H,20,21)(H,14,15,16,17)/t9-/m0/s1. The van der Waals surface area contributed by atoms with E-state index in [4.69, 9.17) is 0 Å². The van der Waals surface area contributed by atoms with Crippen LogP contribution in [-0.2, 0) is 17.8 Å². The Morgan fingerprint density at radius 3 is 2.95 bits per heavy atom. The average Bonchev–Trinajstić information content (AvgIpc) is 3.11. The number of para-hydroxylation sites is 1. The molecule has 2 heterocycles. The molecular weight excluding hydrogens is 276 g/mol. The maximum absolute atomic E-state index is 12.2. The molecule has 0 unspecified atom stereocenters. The Morgan fingerprint density at radius 2 is 2.24 bits per heavy atom. The highest BCUT2D eigenvalue weighted by Crippen LogP contribution is 2.32. The zero-order chi connectivity index (χ0) is 14.8. The van der Waals surface area contributed by atoms with Crippen molar-refractivity contribution in [2.75, 3.05) is 4.90 Å². The third-order valence-corrected chi connectivity index (χ3v) is 3.29. The van der Waals surface area contributed by atoms with Crippen molar-refractivity contribution < 1.29 is 14.7 Å². The molecule has 0 saturated heterocycles. The van der Waals surface area contributed by atoms with Crippen LogP contribution in [0.15, 0.2) is 24.3 Å². The molecule has 0 saturated carbocycles. The van der Waals surface area contributed by atoms with Crippen molar-refractivity contribution in [3.63, 3.8) is 0 Å². The van der Waals surface area contributed by atoms with Crippen molar-refractivity contribution in [3.8, 4) is 0 Å². The van der Waals surface area contributed by atoms with Crippen LogP contribution in [0.2, 0.25) is 0 Å². The third-order valence-electron chi connectivity index (χ3n) is 3.29. The van der Waals surface area contributed by atoms with Crippen LogP contribution in [0.3, 0.4) is 0 Å². The summed E-state index contributed by atoms with van der Waals surface area (Å²) in [6.07, 6.45) is -0.805. The van der Waals surface area contributed by atoms with Crippen LogP contribution >= 0.6 is 0 Å². The van der Waals surface area contributed by atoms with E-state index in [-0.39, 0.29) is 6.54 Å². The lowest BCUT2D eigenvalue weighted by Crippen LogP contribution is -2.47. The molecule has 2 aromatic rings. The highest BCUT2D eigenvalue weighted by atomic mass is 16.4. The van der Waals surface area contributed by atoms with Gasteiger partial charge in [0.25, 0.3) is 0 Å². The molecule has 108 valence electrons. The van der Waals surface area contributed by atoms with Gasteiger partial charge in [-0.1, -0.05) is 23.4 Å². The Morgan fingerprint density at radius 1 is 1.43 bits per heavy atom. The molecule has 1 aliphatic rings. The van der Waals surface area contributed by atoms with E-state index in [0.717, 1.165) is 10.5 Å². The Labute approximate surface area is 119 Å². The summed E-state index contributed by atoms with van der Waals surface area (Å²) >= 11 is 0. The number of H-pyrrole nitrogens is 1. The summed E-state index contributed by atoms with van der Waals surface area (Å²) < 4.78 is 0. The van der Waals surface area contributed by atoms with Crippen LogP contribution in [0, 0.1) is 0 Å². The number of hydrogen-bond donors (Lipinski definition) is 3. The minimum atomic E-state index is -1.15. The molecule has 0 radical (unpaired) electrons. The fourth-order valence-electron chi connectivity index (χ4n) is 2.37. The molecule has 21 heavy (non-hydrogen) atoms. The van der Waals surface area contributed by atoms with Gasteiger partial charge in [-0.05, 0) is 11.6 Å². The van der Waals surface area contributed by atoms with Gasteiger partial charge in [-0.3, -0.25) is 9.69 Å². The molecular formula is C12H12N6O3. The quantitative estimate of drug-likeness (QED) is 0.726. The molecule has 9 nitrogen and oxygen atoms in total. The molecule has 2 amide bonds. The molecule has 0 spiro atoms. The predicted molar refractivity (Wildman–Crippen MR) is 70.5 cm³/mol. The van der Waals surface area contributed by atoms with E-state index < -0.39 is 18.0 Å². The van der Waals surface area contributed by atoms with Gasteiger partial charge in [0.1, 0.15) is 6.04 Å². The molecule has 0 fully saturated rings. The Bertz CT molecular complexity index is 671. The number of amides is 2. The van der Waals surface area contributed by atoms with Gasteiger partial charge < -0.3 is 10.4 Å². The van der Waals surface area contributed by atoms with Crippen LogP contribution in [0.1, 0.15) is 11.4 Å². The van der Waals surface area contributed by atoms with E-state index in [1.807, 2.05) is 12.1 Å². The number of nitrogens with zero attached hydrogens (tertiary/aromatic N) is 4. The second-order valence-electron chi connectivity index (χ2n) is 4.55. The zero-order valence-electron chi connectivity index (χ0n) is 10.9. The lowest BCUT2D eigenvalue weighted by atomic mass is 10.1. The third kappa shape index (κ3) is 2.40. The van der Waals surface area contributed by atoms with Crippen molar-refractivity contribution in [1.29, 1.82) is 0 Å². The lowest BCUT2D eigenvalue weighted by Gasteiger charge is -2.21. The Hall–Kier alpha value is -2.97. The summed E-state index contributed by atoms with van der Waals surface area (Å²) in [6.45, 7) is 0.0929. The smallest absolute Gasteiger partial charge is 0.412 e. The summed E-state index contributed by atoms with van der Waals surface area (Å²) in [5.41, 5.74) is 1.38. The number of carboxylic acid groups (broad SMARTS) is 1. The molecule has 0 bridgehead atoms. The van der Waals surface area contributed by atoms with Crippen LogP contribution in [0.5, 0.6) is 0 Å². The van der Waals surface area contributed by atoms with Crippen molar-refractivity contribution in [2.24, 2.45) is 0 Å². The number of carbonyl (C=O) groups is 2. The van der Waals surface area contributed by atoms with Crippen LogP contribution in [-0.4, -0.2) is 43.8 Å². The van der Waals surface area contributed by atoms with Gasteiger partial charge >= 0.3 is 6.09 Å². The number of benzene rings is 1. The first-order valence-corrected chi connectivity index (χ1v) is 6.27. The number of carbonyl (C=O) groups excluding carboxylic acids is 1. The molecule has 3 N–H and O–H groups in total. The fourth-order valence-corrected chi connectivity index (χ4v) is 2.37. The molecule has 9 heteroatoms. The normalized spacial score (nSPS) is 16.6. The predicted octanol–water partition coefficient (Wildman–Crippen LogP) is -0.0748. The van der Waals surface area contributed by atoms with E-state index in [1.165, 1.54) is 0 Å². The highest BCUT2D eigenvalue weighted by Gasteiger charge is 2.38. The van der Waals surface area contributed by atoms with Crippen LogP contribution in [0.4, 0.5) is 10.5 Å². The number of nitrogens with one attached hydrogen (secondary N) is 2. The second kappa shape index (κ2) is 5.19. The zero-order valence-corrected chi connectivity index (χ0v) is 10.9. The van der Waals surface area contributed by atoms with Crippen molar-refractivity contribution in [3.05, 3.63) is 35.7 Å². The van der Waals surface area contributed by atoms with Gasteiger partial charge in [0, 0.05) is 6.42 Å². The van der Waals surface area contributed by atoms with Gasteiger partial charge in [-0.15, -0.1) is 10.2 Å². The Balaban J connectivity index is 1.76. The minimum absolute atomic E-state index is 0.0929. The SMILES string of the molecule is O=C(NCc1nn[nH]n1)[C@@H]1Cc2ccccc2N1C(=O)O. The minimum Gasteiger partial charge on any atom is -0.465 e. The average molecular weight is 288 g/mol. The number of fused-ring (bicyclic) bond motifs is 1. The van der Waals surface area contributed by atoms with E-state index >= 15 is 0 Å². The van der Waals surface area contributed by atoms with Crippen LogP contribution in [0.25, 0.3) is 0 Å². The largest absolute Gasteiger partial charge is 0.465 e. The summed E-state index contributed by atoms with van der Waals surface area (Å²) in [6, 6.07) is 6.28. The number of rotatable bonds is 3. The molecule has 1 aromatic carbocycles. The Kier molecular flexibility index (Phi) is 3.22. The first-order valence-electron chi connectivity index (χ1n) is 6.27. The molecule has 1 aliphatic heterocycles. The van der Waals surface area contributed by atoms with E-state index in [9.17, 15) is 14.7 Å². The first-order chi connectivity index (χ1) is 10.2. The first kappa shape index (κ1) is 13.0. The van der Waals surface area contributed by atoms with E-state index in [1.54, 1.807) is 12.1 Å². The summed E-state index contributed by atoms with van der Waals surface area (Å²) in [7, 11) is 0. The number of anilines is 1. The summed E-state index contributed by atoms with van der Waals surface area (Å²) in [5, 5.41) is 25.0. The highest BCUT2D eigenvalue weighted by molar-refractivity contribution is 5.99. The lowest BCUT2D eigenvalue weighted by molar-refractivity contribution is -0.122. The topological polar surface area (TPSA) is 124 Å². The van der Waals surface area contributed by atoms with E-state index in [2.05, 4.69) is 25.9 Å². The number of aromatic nitrogens is 4. The monoisotopic (exact) mass is 288 g/mol. The fraction of sp³-hybridized carbons (Fsp3) is 0.250. The van der Waals surface area contributed by atoms with Gasteiger partial charge in [-0.25, -0.2) is 4.79 Å². The summed E-state index contributed by atoms with van der Waals surface area (Å²) in [5.74, 6) is -0.0564. The van der Waals surface area contributed by atoms with Gasteiger partial charge in [-0.2, -0.15) is 5.21 Å². The number of hydrogen-bond acceptors (Lipinski definition) is 5.